The van der Waals surface area contributed by atoms with Crippen molar-refractivity contribution in [3.05, 3.63) is 56.2 Å². The number of phenolic OH excluding ortho intramolecular Hbond substituents is 1. The molecule has 0 saturated heterocycles. The summed E-state index contributed by atoms with van der Waals surface area (Å²) < 4.78 is 2.92. The van der Waals surface area contributed by atoms with Crippen LogP contribution >= 0.6 is 31.9 Å². The highest BCUT2D eigenvalue weighted by Crippen LogP contribution is 2.35. The molecule has 3 aromatic rings. The Labute approximate surface area is 150 Å². The SMILES string of the molecule is CCc1c(C(=O)c2cc(Br)c(O)c(Br)c2)c2cccnc2n1C. The van der Waals surface area contributed by atoms with E-state index in [0.29, 0.717) is 20.1 Å². The Hall–Kier alpha value is -1.66. The zero-order chi connectivity index (χ0) is 16.7. The molecule has 0 atom stereocenters. The number of halogens is 2. The third kappa shape index (κ3) is 2.60. The second-order valence-electron chi connectivity index (χ2n) is 5.23. The highest BCUT2D eigenvalue weighted by molar-refractivity contribution is 9.11. The van der Waals surface area contributed by atoms with E-state index in [0.717, 1.165) is 23.1 Å². The standard InChI is InChI=1S/C17H14Br2N2O2/c1-3-13-14(10-5-4-6-20-17(10)21(13)2)15(22)9-7-11(18)16(23)12(19)8-9/h4-8,23H,3H2,1-2H3. The molecule has 6 heteroatoms. The van der Waals surface area contributed by atoms with Gasteiger partial charge in [0, 0.05) is 29.9 Å². The molecule has 0 aliphatic carbocycles. The molecular formula is C17H14Br2N2O2. The average Bonchev–Trinajstić information content (AvgIpc) is 2.84. The number of pyridine rings is 1. The summed E-state index contributed by atoms with van der Waals surface area (Å²) in [7, 11) is 1.92. The highest BCUT2D eigenvalue weighted by atomic mass is 79.9. The molecule has 0 unspecified atom stereocenters. The van der Waals surface area contributed by atoms with Gasteiger partial charge in [-0.3, -0.25) is 4.79 Å². The number of benzene rings is 1. The molecule has 0 saturated carbocycles. The molecule has 0 bridgehead atoms. The first-order valence-corrected chi connectivity index (χ1v) is 8.69. The van der Waals surface area contributed by atoms with E-state index in [1.165, 1.54) is 0 Å². The van der Waals surface area contributed by atoms with Crippen molar-refractivity contribution < 1.29 is 9.90 Å². The lowest BCUT2D eigenvalue weighted by atomic mass is 10.00. The number of phenols is 1. The average molecular weight is 438 g/mol. The quantitative estimate of drug-likeness (QED) is 0.609. The molecule has 23 heavy (non-hydrogen) atoms. The van der Waals surface area contributed by atoms with Crippen molar-refractivity contribution in [2.45, 2.75) is 13.3 Å². The van der Waals surface area contributed by atoms with Crippen molar-refractivity contribution in [3.8, 4) is 5.75 Å². The van der Waals surface area contributed by atoms with E-state index < -0.39 is 0 Å². The van der Waals surface area contributed by atoms with Gasteiger partial charge in [0.15, 0.2) is 5.78 Å². The van der Waals surface area contributed by atoms with Crippen molar-refractivity contribution in [2.75, 3.05) is 0 Å². The first kappa shape index (κ1) is 16.2. The summed E-state index contributed by atoms with van der Waals surface area (Å²) in [6.45, 7) is 2.02. The van der Waals surface area contributed by atoms with E-state index in [1.54, 1.807) is 18.3 Å². The van der Waals surface area contributed by atoms with Crippen LogP contribution in [0.2, 0.25) is 0 Å². The topological polar surface area (TPSA) is 55.1 Å². The van der Waals surface area contributed by atoms with Gasteiger partial charge < -0.3 is 9.67 Å². The van der Waals surface area contributed by atoms with Crippen molar-refractivity contribution in [3.63, 3.8) is 0 Å². The predicted molar refractivity (Wildman–Crippen MR) is 97.0 cm³/mol. The Morgan fingerprint density at radius 3 is 2.57 bits per heavy atom. The molecule has 0 spiro atoms. The number of carbonyl (C=O) groups is 1. The van der Waals surface area contributed by atoms with E-state index in [2.05, 4.69) is 36.8 Å². The summed E-state index contributed by atoms with van der Waals surface area (Å²) in [6.07, 6.45) is 2.46. The normalized spacial score (nSPS) is 11.1. The number of nitrogens with zero attached hydrogens (tertiary/aromatic N) is 2. The molecule has 0 radical (unpaired) electrons. The lowest BCUT2D eigenvalue weighted by Crippen LogP contribution is -2.06. The molecule has 1 aromatic carbocycles. The number of hydrogen-bond donors (Lipinski definition) is 1. The van der Waals surface area contributed by atoms with Crippen LogP contribution < -0.4 is 0 Å². The minimum absolute atomic E-state index is 0.0804. The van der Waals surface area contributed by atoms with Gasteiger partial charge in [0.05, 0.1) is 14.5 Å². The van der Waals surface area contributed by atoms with Crippen LogP contribution in [-0.4, -0.2) is 20.4 Å². The van der Waals surface area contributed by atoms with Gasteiger partial charge in [0.25, 0.3) is 0 Å². The monoisotopic (exact) mass is 436 g/mol. The van der Waals surface area contributed by atoms with Gasteiger partial charge in [-0.25, -0.2) is 4.98 Å². The first-order chi connectivity index (χ1) is 11.0. The number of aromatic hydroxyl groups is 1. The minimum atomic E-state index is -0.0816. The van der Waals surface area contributed by atoms with E-state index in [-0.39, 0.29) is 11.5 Å². The molecule has 4 nitrogen and oxygen atoms in total. The molecule has 1 N–H and O–H groups in total. The Morgan fingerprint density at radius 2 is 1.96 bits per heavy atom. The van der Waals surface area contributed by atoms with Crippen molar-refractivity contribution in [1.29, 1.82) is 0 Å². The van der Waals surface area contributed by atoms with E-state index in [1.807, 2.05) is 30.7 Å². The number of aryl methyl sites for hydroxylation is 1. The summed E-state index contributed by atoms with van der Waals surface area (Å²) in [4.78, 5) is 17.5. The van der Waals surface area contributed by atoms with Gasteiger partial charge >= 0.3 is 0 Å². The van der Waals surface area contributed by atoms with Crippen LogP contribution in [0.1, 0.15) is 28.5 Å². The summed E-state index contributed by atoms with van der Waals surface area (Å²) in [5.41, 5.74) is 2.92. The van der Waals surface area contributed by atoms with Crippen LogP contribution in [0.25, 0.3) is 11.0 Å². The zero-order valence-corrected chi connectivity index (χ0v) is 15.8. The molecule has 118 valence electrons. The number of carbonyl (C=O) groups excluding carboxylic acids is 1. The molecule has 2 aromatic heterocycles. The van der Waals surface area contributed by atoms with E-state index >= 15 is 0 Å². The van der Waals surface area contributed by atoms with Crippen LogP contribution in [0, 0.1) is 0 Å². The number of aromatic nitrogens is 2. The molecule has 0 fully saturated rings. The second-order valence-corrected chi connectivity index (χ2v) is 6.94. The van der Waals surface area contributed by atoms with Crippen molar-refractivity contribution in [2.24, 2.45) is 7.05 Å². The Balaban J connectivity index is 2.26. The van der Waals surface area contributed by atoms with Crippen molar-refractivity contribution >= 4 is 48.7 Å². The molecule has 3 rings (SSSR count). The van der Waals surface area contributed by atoms with Gasteiger partial charge in [-0.05, 0) is 62.5 Å². The van der Waals surface area contributed by atoms with Crippen LogP contribution in [0.5, 0.6) is 5.75 Å². The zero-order valence-electron chi connectivity index (χ0n) is 12.6. The number of ketones is 1. The summed E-state index contributed by atoms with van der Waals surface area (Å²) in [5.74, 6) is -0.00120. The fourth-order valence-corrected chi connectivity index (χ4v) is 4.01. The lowest BCUT2D eigenvalue weighted by Gasteiger charge is -2.07. The highest BCUT2D eigenvalue weighted by Gasteiger charge is 2.23. The van der Waals surface area contributed by atoms with E-state index in [9.17, 15) is 9.90 Å². The Kier molecular flexibility index (Phi) is 4.29. The largest absolute Gasteiger partial charge is 0.506 e. The maximum Gasteiger partial charge on any atom is 0.195 e. The maximum absolute atomic E-state index is 13.1. The third-order valence-electron chi connectivity index (χ3n) is 3.91. The summed E-state index contributed by atoms with van der Waals surface area (Å²) >= 11 is 6.56. The predicted octanol–water partition coefficient (Wildman–Crippen LogP) is 4.60. The molecule has 0 aliphatic rings. The Morgan fingerprint density at radius 1 is 1.30 bits per heavy atom. The van der Waals surface area contributed by atoms with Crippen LogP contribution in [-0.2, 0) is 13.5 Å². The number of hydrogen-bond acceptors (Lipinski definition) is 3. The lowest BCUT2D eigenvalue weighted by molar-refractivity contribution is 0.103. The van der Waals surface area contributed by atoms with Crippen molar-refractivity contribution in [1.82, 2.24) is 9.55 Å². The molecule has 0 amide bonds. The number of fused-ring (bicyclic) bond motifs is 1. The van der Waals surface area contributed by atoms with Crippen LogP contribution in [0.15, 0.2) is 39.4 Å². The summed E-state index contributed by atoms with van der Waals surface area (Å²) in [6, 6.07) is 7.02. The fourth-order valence-electron chi connectivity index (χ4n) is 2.82. The van der Waals surface area contributed by atoms with Gasteiger partial charge in [-0.15, -0.1) is 0 Å². The fraction of sp³-hybridized carbons (Fsp3) is 0.176. The third-order valence-corrected chi connectivity index (χ3v) is 5.12. The van der Waals surface area contributed by atoms with Crippen LogP contribution in [0.3, 0.4) is 0 Å². The molecular weight excluding hydrogens is 424 g/mol. The minimum Gasteiger partial charge on any atom is -0.506 e. The van der Waals surface area contributed by atoms with Gasteiger partial charge in [0.1, 0.15) is 11.4 Å². The van der Waals surface area contributed by atoms with Gasteiger partial charge in [0.2, 0.25) is 0 Å². The first-order valence-electron chi connectivity index (χ1n) is 7.10. The summed E-state index contributed by atoms with van der Waals surface area (Å²) in [5, 5.41) is 10.7. The van der Waals surface area contributed by atoms with Crippen LogP contribution in [0.4, 0.5) is 0 Å². The van der Waals surface area contributed by atoms with E-state index in [4.69, 9.17) is 0 Å². The second kappa shape index (κ2) is 6.09. The Bertz CT molecular complexity index is 909. The maximum atomic E-state index is 13.1. The molecule has 2 heterocycles. The smallest absolute Gasteiger partial charge is 0.195 e. The van der Waals surface area contributed by atoms with Gasteiger partial charge in [-0.2, -0.15) is 0 Å². The molecule has 0 aliphatic heterocycles. The van der Waals surface area contributed by atoms with Gasteiger partial charge in [-0.1, -0.05) is 6.92 Å². The number of rotatable bonds is 3.